The van der Waals surface area contributed by atoms with Crippen molar-refractivity contribution in [2.24, 2.45) is 10.7 Å². The van der Waals surface area contributed by atoms with E-state index in [2.05, 4.69) is 10.3 Å². The van der Waals surface area contributed by atoms with Gasteiger partial charge in [0.1, 0.15) is 0 Å². The van der Waals surface area contributed by atoms with Gasteiger partial charge in [-0.3, -0.25) is 10.3 Å². The molecule has 0 aromatic rings. The Kier molecular flexibility index (Phi) is 1.89. The Bertz CT molecular complexity index is 197. The van der Waals surface area contributed by atoms with E-state index in [9.17, 15) is 4.79 Å². The van der Waals surface area contributed by atoms with Crippen LogP contribution in [0.4, 0.5) is 4.79 Å². The average Bonchev–Trinajstić information content (AvgIpc) is 1.88. The highest BCUT2D eigenvalue weighted by Gasteiger charge is 2.01. The molecule has 0 aromatic carbocycles. The van der Waals surface area contributed by atoms with Gasteiger partial charge < -0.3 is 10.5 Å². The number of hydrogen-bond donors (Lipinski definition) is 2. The van der Waals surface area contributed by atoms with E-state index in [0.717, 1.165) is 0 Å². The summed E-state index contributed by atoms with van der Waals surface area (Å²) >= 11 is 0. The number of nitrogens with zero attached hydrogens (tertiary/aromatic N) is 1. The van der Waals surface area contributed by atoms with Crippen molar-refractivity contribution < 1.29 is 9.53 Å². The number of hydrogen-bond acceptors (Lipinski definition) is 3. The van der Waals surface area contributed by atoms with Gasteiger partial charge in [-0.15, -0.1) is 0 Å². The lowest BCUT2D eigenvalue weighted by Gasteiger charge is -2.09. The van der Waals surface area contributed by atoms with Crippen molar-refractivity contribution in [3.8, 4) is 0 Å². The predicted molar refractivity (Wildman–Crippen MR) is 35.2 cm³/mol. The van der Waals surface area contributed by atoms with Crippen molar-refractivity contribution >= 4 is 12.2 Å². The molecular formula is C5H7N3O2. The number of nitrogens with one attached hydrogen (secondary N) is 1. The van der Waals surface area contributed by atoms with Crippen LogP contribution in [0.15, 0.2) is 17.0 Å². The Morgan fingerprint density at radius 3 is 3.20 bits per heavy atom. The van der Waals surface area contributed by atoms with Crippen LogP contribution in [0.5, 0.6) is 0 Å². The van der Waals surface area contributed by atoms with Gasteiger partial charge in [0.25, 0.3) is 0 Å². The Labute approximate surface area is 57.6 Å². The SMILES string of the molecule is NC(=O)NC1=CC=NCO1. The fraction of sp³-hybridized carbons (Fsp3) is 0.200. The Balaban J connectivity index is 2.47. The summed E-state index contributed by atoms with van der Waals surface area (Å²) in [6.45, 7) is 0.228. The quantitative estimate of drug-likeness (QED) is 0.519. The van der Waals surface area contributed by atoms with Crippen molar-refractivity contribution in [3.05, 3.63) is 12.0 Å². The first-order valence-electron chi connectivity index (χ1n) is 2.68. The van der Waals surface area contributed by atoms with Gasteiger partial charge >= 0.3 is 6.03 Å². The van der Waals surface area contributed by atoms with Crippen LogP contribution >= 0.6 is 0 Å². The zero-order valence-electron chi connectivity index (χ0n) is 5.20. The van der Waals surface area contributed by atoms with Crippen LogP contribution in [-0.2, 0) is 4.74 Å². The molecule has 3 N–H and O–H groups in total. The predicted octanol–water partition coefficient (Wildman–Crippen LogP) is -0.445. The van der Waals surface area contributed by atoms with Gasteiger partial charge in [0, 0.05) is 12.3 Å². The minimum absolute atomic E-state index is 0.228. The van der Waals surface area contributed by atoms with Crippen molar-refractivity contribution in [1.82, 2.24) is 5.32 Å². The number of rotatable bonds is 1. The van der Waals surface area contributed by atoms with Crippen molar-refractivity contribution in [2.75, 3.05) is 6.73 Å². The molecule has 1 rings (SSSR count). The second kappa shape index (κ2) is 2.86. The fourth-order valence-corrected chi connectivity index (χ4v) is 0.518. The number of aliphatic imine (C=N–C) groups is 1. The number of urea groups is 1. The van der Waals surface area contributed by atoms with Crippen LogP contribution in [0.1, 0.15) is 0 Å². The van der Waals surface area contributed by atoms with E-state index in [1.165, 1.54) is 12.3 Å². The third-order valence-corrected chi connectivity index (χ3v) is 0.872. The number of carbonyl (C=O) groups excluding carboxylic acids is 1. The largest absolute Gasteiger partial charge is 0.456 e. The first-order valence-corrected chi connectivity index (χ1v) is 2.68. The number of ether oxygens (including phenoxy) is 1. The molecule has 5 nitrogen and oxygen atoms in total. The van der Waals surface area contributed by atoms with Crippen LogP contribution in [-0.4, -0.2) is 19.0 Å². The number of nitrogens with two attached hydrogens (primary N) is 1. The molecule has 0 aromatic heterocycles. The lowest BCUT2D eigenvalue weighted by atomic mass is 10.6. The van der Waals surface area contributed by atoms with E-state index in [4.69, 9.17) is 10.5 Å². The molecule has 54 valence electrons. The van der Waals surface area contributed by atoms with E-state index < -0.39 is 6.03 Å². The van der Waals surface area contributed by atoms with Crippen molar-refractivity contribution in [1.29, 1.82) is 0 Å². The third kappa shape index (κ3) is 1.77. The summed E-state index contributed by atoms with van der Waals surface area (Å²) in [4.78, 5) is 13.9. The summed E-state index contributed by atoms with van der Waals surface area (Å²) in [5.74, 6) is 0.336. The fourth-order valence-electron chi connectivity index (χ4n) is 0.518. The molecule has 1 heterocycles. The Hall–Kier alpha value is -1.52. The molecule has 0 unspecified atom stereocenters. The number of carbonyl (C=O) groups is 1. The molecule has 0 spiro atoms. The molecule has 0 atom stereocenters. The molecule has 0 saturated carbocycles. The molecule has 1 aliphatic rings. The van der Waals surface area contributed by atoms with Gasteiger partial charge in [-0.25, -0.2) is 4.79 Å². The highest BCUT2D eigenvalue weighted by atomic mass is 16.5. The van der Waals surface area contributed by atoms with Gasteiger partial charge in [0.15, 0.2) is 12.6 Å². The molecular weight excluding hydrogens is 134 g/mol. The first-order chi connectivity index (χ1) is 4.79. The van der Waals surface area contributed by atoms with E-state index in [0.29, 0.717) is 5.88 Å². The molecule has 0 aliphatic carbocycles. The van der Waals surface area contributed by atoms with Crippen LogP contribution in [0.3, 0.4) is 0 Å². The van der Waals surface area contributed by atoms with E-state index in [1.54, 1.807) is 0 Å². The minimum atomic E-state index is -0.637. The summed E-state index contributed by atoms with van der Waals surface area (Å²) in [7, 11) is 0. The zero-order chi connectivity index (χ0) is 7.40. The van der Waals surface area contributed by atoms with Crippen molar-refractivity contribution in [3.63, 3.8) is 0 Å². The highest BCUT2D eigenvalue weighted by Crippen LogP contribution is 1.95. The molecule has 1 aliphatic heterocycles. The second-order valence-corrected chi connectivity index (χ2v) is 1.63. The number of allylic oxidation sites excluding steroid dienone is 1. The maximum Gasteiger partial charge on any atom is 0.318 e. The van der Waals surface area contributed by atoms with Crippen LogP contribution in [0, 0.1) is 0 Å². The molecule has 5 heteroatoms. The number of primary amides is 1. The monoisotopic (exact) mass is 141 g/mol. The van der Waals surface area contributed by atoms with E-state index in [-0.39, 0.29) is 6.73 Å². The van der Waals surface area contributed by atoms with Crippen molar-refractivity contribution in [2.45, 2.75) is 0 Å². The summed E-state index contributed by atoms with van der Waals surface area (Å²) in [5.41, 5.74) is 4.81. The van der Waals surface area contributed by atoms with Gasteiger partial charge in [-0.2, -0.15) is 0 Å². The lowest BCUT2D eigenvalue weighted by molar-refractivity contribution is 0.194. The maximum absolute atomic E-state index is 10.2. The Morgan fingerprint density at radius 2 is 2.70 bits per heavy atom. The topological polar surface area (TPSA) is 76.7 Å². The normalized spacial score (nSPS) is 15.4. The van der Waals surface area contributed by atoms with Gasteiger partial charge in [0.2, 0.25) is 0 Å². The van der Waals surface area contributed by atoms with E-state index in [1.807, 2.05) is 0 Å². The average molecular weight is 141 g/mol. The Morgan fingerprint density at radius 1 is 1.90 bits per heavy atom. The second-order valence-electron chi connectivity index (χ2n) is 1.63. The van der Waals surface area contributed by atoms with Crippen LogP contribution in [0.25, 0.3) is 0 Å². The highest BCUT2D eigenvalue weighted by molar-refractivity contribution is 5.77. The molecule has 0 fully saturated rings. The van der Waals surface area contributed by atoms with Gasteiger partial charge in [-0.05, 0) is 0 Å². The molecule has 0 bridgehead atoms. The number of amides is 2. The zero-order valence-corrected chi connectivity index (χ0v) is 5.20. The summed E-state index contributed by atoms with van der Waals surface area (Å²) in [6.07, 6.45) is 3.06. The summed E-state index contributed by atoms with van der Waals surface area (Å²) in [6, 6.07) is -0.637. The minimum Gasteiger partial charge on any atom is -0.456 e. The molecule has 2 amide bonds. The maximum atomic E-state index is 10.2. The van der Waals surface area contributed by atoms with Crippen LogP contribution < -0.4 is 11.1 Å². The molecule has 0 radical (unpaired) electrons. The summed E-state index contributed by atoms with van der Waals surface area (Å²) in [5, 5.41) is 2.27. The third-order valence-electron chi connectivity index (χ3n) is 0.872. The molecule has 0 saturated heterocycles. The standard InChI is InChI=1S/C5H7N3O2/c6-5(9)8-4-1-2-7-3-10-4/h1-2H,3H2,(H3,6,8,9). The lowest BCUT2D eigenvalue weighted by Crippen LogP contribution is -2.30. The summed E-state index contributed by atoms with van der Waals surface area (Å²) < 4.78 is 4.84. The van der Waals surface area contributed by atoms with E-state index >= 15 is 0 Å². The van der Waals surface area contributed by atoms with Crippen LogP contribution in [0.2, 0.25) is 0 Å². The smallest absolute Gasteiger partial charge is 0.318 e. The van der Waals surface area contributed by atoms with Gasteiger partial charge in [0.05, 0.1) is 0 Å². The molecule has 10 heavy (non-hydrogen) atoms. The van der Waals surface area contributed by atoms with Gasteiger partial charge in [-0.1, -0.05) is 0 Å². The first kappa shape index (κ1) is 6.60.